The minimum Gasteiger partial charge on any atom is -0.463 e. The van der Waals surface area contributed by atoms with E-state index in [4.69, 9.17) is 10.5 Å². The molecule has 0 spiro atoms. The molecule has 6 heteroatoms. The maximum atomic E-state index is 12.3. The van der Waals surface area contributed by atoms with Gasteiger partial charge in [-0.05, 0) is 36.8 Å². The molecule has 0 unspecified atom stereocenters. The summed E-state index contributed by atoms with van der Waals surface area (Å²) in [6.45, 7) is 8.72. The number of nitrogens with one attached hydrogen (secondary N) is 2. The van der Waals surface area contributed by atoms with E-state index in [1.165, 1.54) is 0 Å². The molecular weight excluding hydrogens is 316 g/mol. The summed E-state index contributed by atoms with van der Waals surface area (Å²) >= 11 is 0. The standard InChI is InChI=1S/C19H30N4O2/c1-12(2)9-14(21-18(24)15(20)10-13(3)4)11-25-19-22-16-7-5-6-8-17(16)23-19/h5-8,12-15H,9-11,20H2,1-4H3,(H,21,24)(H,22,23)/t14-,15+/m1/s1. The molecule has 25 heavy (non-hydrogen) atoms. The Kier molecular flexibility index (Phi) is 6.82. The Morgan fingerprint density at radius 1 is 1.20 bits per heavy atom. The number of fused-ring (bicyclic) bond motifs is 1. The predicted molar refractivity (Wildman–Crippen MR) is 100 cm³/mol. The molecule has 0 radical (unpaired) electrons. The normalized spacial score (nSPS) is 14.0. The highest BCUT2D eigenvalue weighted by Gasteiger charge is 2.20. The van der Waals surface area contributed by atoms with Gasteiger partial charge in [-0.1, -0.05) is 39.8 Å². The van der Waals surface area contributed by atoms with Crippen LogP contribution in [0.5, 0.6) is 6.01 Å². The van der Waals surface area contributed by atoms with Crippen molar-refractivity contribution in [3.8, 4) is 6.01 Å². The van der Waals surface area contributed by atoms with Gasteiger partial charge in [0.1, 0.15) is 6.61 Å². The first-order valence-corrected chi connectivity index (χ1v) is 8.98. The second kappa shape index (κ2) is 8.85. The summed E-state index contributed by atoms with van der Waals surface area (Å²) < 4.78 is 5.79. The zero-order valence-corrected chi connectivity index (χ0v) is 15.6. The number of carbonyl (C=O) groups is 1. The van der Waals surface area contributed by atoms with Crippen LogP contribution in [0.15, 0.2) is 24.3 Å². The van der Waals surface area contributed by atoms with Crippen molar-refractivity contribution < 1.29 is 9.53 Å². The highest BCUT2D eigenvalue weighted by Crippen LogP contribution is 2.16. The second-order valence-electron chi connectivity index (χ2n) is 7.44. The summed E-state index contributed by atoms with van der Waals surface area (Å²) in [6, 6.07) is 7.65. The van der Waals surface area contributed by atoms with Gasteiger partial charge < -0.3 is 20.8 Å². The van der Waals surface area contributed by atoms with E-state index in [1.54, 1.807) is 0 Å². The van der Waals surface area contributed by atoms with Crippen LogP contribution >= 0.6 is 0 Å². The first-order valence-electron chi connectivity index (χ1n) is 8.98. The number of hydrogen-bond donors (Lipinski definition) is 3. The fourth-order valence-electron chi connectivity index (χ4n) is 2.84. The molecule has 0 aliphatic heterocycles. The predicted octanol–water partition coefficient (Wildman–Crippen LogP) is 2.85. The lowest BCUT2D eigenvalue weighted by Gasteiger charge is -2.23. The van der Waals surface area contributed by atoms with Gasteiger partial charge in [0.2, 0.25) is 5.91 Å². The van der Waals surface area contributed by atoms with Gasteiger partial charge in [-0.25, -0.2) is 0 Å². The van der Waals surface area contributed by atoms with Crippen LogP contribution in [0.4, 0.5) is 0 Å². The number of para-hydroxylation sites is 2. The summed E-state index contributed by atoms with van der Waals surface area (Å²) in [5.74, 6) is 0.703. The van der Waals surface area contributed by atoms with E-state index < -0.39 is 6.04 Å². The third-order valence-corrected chi connectivity index (χ3v) is 3.95. The Labute approximate surface area is 149 Å². The number of amides is 1. The average molecular weight is 346 g/mol. The molecule has 2 aromatic rings. The van der Waals surface area contributed by atoms with Crippen molar-refractivity contribution in [1.82, 2.24) is 15.3 Å². The lowest BCUT2D eigenvalue weighted by molar-refractivity contribution is -0.123. The number of rotatable bonds is 9. The van der Waals surface area contributed by atoms with Crippen molar-refractivity contribution >= 4 is 16.9 Å². The zero-order valence-electron chi connectivity index (χ0n) is 15.6. The lowest BCUT2D eigenvalue weighted by atomic mass is 10.0. The molecule has 0 aliphatic carbocycles. The highest BCUT2D eigenvalue weighted by molar-refractivity contribution is 5.81. The van der Waals surface area contributed by atoms with E-state index in [9.17, 15) is 4.79 Å². The minimum absolute atomic E-state index is 0.0982. The van der Waals surface area contributed by atoms with Gasteiger partial charge in [-0.3, -0.25) is 4.79 Å². The van der Waals surface area contributed by atoms with Crippen LogP contribution in [0, 0.1) is 11.8 Å². The fraction of sp³-hybridized carbons (Fsp3) is 0.579. The Hall–Kier alpha value is -2.08. The van der Waals surface area contributed by atoms with Crippen molar-refractivity contribution in [2.24, 2.45) is 17.6 Å². The zero-order chi connectivity index (χ0) is 18.4. The van der Waals surface area contributed by atoms with E-state index in [-0.39, 0.29) is 11.9 Å². The van der Waals surface area contributed by atoms with Crippen molar-refractivity contribution in [3.05, 3.63) is 24.3 Å². The molecule has 0 aliphatic rings. The Morgan fingerprint density at radius 2 is 1.88 bits per heavy atom. The van der Waals surface area contributed by atoms with Crippen LogP contribution in [0.1, 0.15) is 40.5 Å². The molecule has 6 nitrogen and oxygen atoms in total. The van der Waals surface area contributed by atoms with Crippen LogP contribution in [-0.4, -0.2) is 34.6 Å². The van der Waals surface area contributed by atoms with Gasteiger partial charge in [-0.2, -0.15) is 4.98 Å². The number of imidazole rings is 1. The number of aromatic nitrogens is 2. The summed E-state index contributed by atoms with van der Waals surface area (Å²) in [5, 5.41) is 3.03. The van der Waals surface area contributed by atoms with Gasteiger partial charge in [-0.15, -0.1) is 0 Å². The van der Waals surface area contributed by atoms with E-state index in [1.807, 2.05) is 24.3 Å². The van der Waals surface area contributed by atoms with E-state index >= 15 is 0 Å². The Morgan fingerprint density at radius 3 is 2.52 bits per heavy atom. The first kappa shape index (κ1) is 19.2. The molecule has 2 rings (SSSR count). The number of hydrogen-bond acceptors (Lipinski definition) is 4. The second-order valence-corrected chi connectivity index (χ2v) is 7.44. The smallest absolute Gasteiger partial charge is 0.294 e. The molecule has 0 fully saturated rings. The third-order valence-electron chi connectivity index (χ3n) is 3.95. The molecule has 4 N–H and O–H groups in total. The minimum atomic E-state index is -0.485. The molecule has 0 saturated carbocycles. The summed E-state index contributed by atoms with van der Waals surface area (Å²) in [5.41, 5.74) is 7.78. The molecule has 2 atom stereocenters. The molecule has 0 bridgehead atoms. The molecule has 1 aromatic heterocycles. The van der Waals surface area contributed by atoms with E-state index in [0.29, 0.717) is 30.9 Å². The number of ether oxygens (including phenoxy) is 1. The molecule has 0 saturated heterocycles. The Balaban J connectivity index is 1.95. The molecule has 1 amide bonds. The average Bonchev–Trinajstić information content (AvgIpc) is 2.94. The lowest BCUT2D eigenvalue weighted by Crippen LogP contribution is -2.48. The van der Waals surface area contributed by atoms with Crippen molar-refractivity contribution in [2.45, 2.75) is 52.6 Å². The molecule has 1 heterocycles. The summed E-state index contributed by atoms with van der Waals surface area (Å²) in [7, 11) is 0. The fourth-order valence-corrected chi connectivity index (χ4v) is 2.84. The quantitative estimate of drug-likeness (QED) is 0.651. The third kappa shape index (κ3) is 6.05. The number of carbonyl (C=O) groups excluding carboxylic acids is 1. The van der Waals surface area contributed by atoms with Gasteiger partial charge >= 0.3 is 0 Å². The SMILES string of the molecule is CC(C)C[C@H](COc1nc2ccccc2[nH]1)NC(=O)[C@@H](N)CC(C)C. The van der Waals surface area contributed by atoms with Crippen LogP contribution in [0.25, 0.3) is 11.0 Å². The first-order chi connectivity index (χ1) is 11.8. The van der Waals surface area contributed by atoms with Gasteiger partial charge in [0.15, 0.2) is 0 Å². The van der Waals surface area contributed by atoms with Gasteiger partial charge in [0, 0.05) is 0 Å². The maximum Gasteiger partial charge on any atom is 0.294 e. The van der Waals surface area contributed by atoms with Crippen molar-refractivity contribution in [3.63, 3.8) is 0 Å². The van der Waals surface area contributed by atoms with Crippen molar-refractivity contribution in [2.75, 3.05) is 6.61 Å². The highest BCUT2D eigenvalue weighted by atomic mass is 16.5. The Bertz CT molecular complexity index is 648. The summed E-state index contributed by atoms with van der Waals surface area (Å²) in [6.07, 6.45) is 1.49. The molecule has 138 valence electrons. The number of nitrogens with two attached hydrogens (primary N) is 1. The monoisotopic (exact) mass is 346 g/mol. The van der Waals surface area contributed by atoms with E-state index in [2.05, 4.69) is 43.0 Å². The maximum absolute atomic E-state index is 12.3. The molecular formula is C19H30N4O2. The summed E-state index contributed by atoms with van der Waals surface area (Å²) in [4.78, 5) is 19.8. The van der Waals surface area contributed by atoms with E-state index in [0.717, 1.165) is 17.5 Å². The number of benzene rings is 1. The topological polar surface area (TPSA) is 93.0 Å². The molecule has 1 aromatic carbocycles. The van der Waals surface area contributed by atoms with Crippen molar-refractivity contribution in [1.29, 1.82) is 0 Å². The number of nitrogens with zero attached hydrogens (tertiary/aromatic N) is 1. The van der Waals surface area contributed by atoms with Crippen LogP contribution in [0.2, 0.25) is 0 Å². The number of H-pyrrole nitrogens is 1. The van der Waals surface area contributed by atoms with Crippen LogP contribution in [-0.2, 0) is 4.79 Å². The largest absolute Gasteiger partial charge is 0.463 e. The number of aromatic amines is 1. The van der Waals surface area contributed by atoms with Crippen LogP contribution < -0.4 is 15.8 Å². The van der Waals surface area contributed by atoms with Gasteiger partial charge in [0.05, 0.1) is 23.1 Å². The van der Waals surface area contributed by atoms with Gasteiger partial charge in [0.25, 0.3) is 6.01 Å². The van der Waals surface area contributed by atoms with Crippen LogP contribution in [0.3, 0.4) is 0 Å².